The predicted octanol–water partition coefficient (Wildman–Crippen LogP) is 2.90. The molecular weight excluding hydrogens is 357 g/mol. The quantitative estimate of drug-likeness (QED) is 0.820. The molecule has 4 rings (SSSR count). The third-order valence-corrected chi connectivity index (χ3v) is 6.70. The van der Waals surface area contributed by atoms with E-state index in [0.29, 0.717) is 49.9 Å². The van der Waals surface area contributed by atoms with E-state index >= 15 is 0 Å². The molecule has 4 nitrogen and oxygen atoms in total. The van der Waals surface area contributed by atoms with E-state index in [1.165, 1.54) is 0 Å². The van der Waals surface area contributed by atoms with Gasteiger partial charge in [-0.2, -0.15) is 0 Å². The van der Waals surface area contributed by atoms with Crippen molar-refractivity contribution in [2.75, 3.05) is 13.1 Å². The fourth-order valence-corrected chi connectivity index (χ4v) is 5.26. The molecule has 2 saturated carbocycles. The standard InChI is InChI=1S/C20H23F3N2O2/c21-13-8-14(22)17(15(23)9-13)19(26)10-3-5-25(6-4-10)20(27)16-11-1-2-12(7-11)18(16)24/h8-12,16,18H,1-7,24H2. The highest BCUT2D eigenvalue weighted by atomic mass is 19.1. The molecule has 1 saturated heterocycles. The maximum Gasteiger partial charge on any atom is 0.227 e. The molecule has 0 spiro atoms. The number of ketones is 1. The van der Waals surface area contributed by atoms with Gasteiger partial charge >= 0.3 is 0 Å². The van der Waals surface area contributed by atoms with Crippen LogP contribution in [0.3, 0.4) is 0 Å². The zero-order chi connectivity index (χ0) is 19.3. The first-order valence-corrected chi connectivity index (χ1v) is 9.60. The Balaban J connectivity index is 1.41. The van der Waals surface area contributed by atoms with Gasteiger partial charge in [-0.05, 0) is 43.9 Å². The lowest BCUT2D eigenvalue weighted by molar-refractivity contribution is -0.139. The molecule has 27 heavy (non-hydrogen) atoms. The van der Waals surface area contributed by atoms with E-state index in [1.807, 2.05) is 0 Å². The summed E-state index contributed by atoms with van der Waals surface area (Å²) in [6.45, 7) is 0.751. The van der Waals surface area contributed by atoms with Gasteiger partial charge in [0.2, 0.25) is 5.91 Å². The van der Waals surface area contributed by atoms with E-state index in [0.717, 1.165) is 19.3 Å². The van der Waals surface area contributed by atoms with Crippen LogP contribution in [0.4, 0.5) is 13.2 Å². The van der Waals surface area contributed by atoms with Gasteiger partial charge in [0.05, 0.1) is 11.5 Å². The summed E-state index contributed by atoms with van der Waals surface area (Å²) in [5.74, 6) is -3.92. The molecule has 1 amide bonds. The maximum atomic E-state index is 13.9. The monoisotopic (exact) mass is 380 g/mol. The number of Topliss-reactive ketones (excluding diaryl/α,β-unsaturated/α-hetero) is 1. The van der Waals surface area contributed by atoms with Gasteiger partial charge in [-0.15, -0.1) is 0 Å². The van der Waals surface area contributed by atoms with Gasteiger partial charge in [0, 0.05) is 37.2 Å². The second kappa shape index (κ2) is 6.93. The van der Waals surface area contributed by atoms with E-state index in [2.05, 4.69) is 0 Å². The van der Waals surface area contributed by atoms with Crippen molar-refractivity contribution in [2.45, 2.75) is 38.1 Å². The summed E-state index contributed by atoms with van der Waals surface area (Å²) in [7, 11) is 0. The highest BCUT2D eigenvalue weighted by Crippen LogP contribution is 2.48. The average Bonchev–Trinajstić information content (AvgIpc) is 3.21. The van der Waals surface area contributed by atoms with Crippen LogP contribution < -0.4 is 5.73 Å². The van der Waals surface area contributed by atoms with Crippen molar-refractivity contribution < 1.29 is 22.8 Å². The highest BCUT2D eigenvalue weighted by Gasteiger charge is 2.50. The second-order valence-electron chi connectivity index (χ2n) is 8.14. The molecule has 1 aliphatic heterocycles. The van der Waals surface area contributed by atoms with Gasteiger partial charge in [-0.25, -0.2) is 13.2 Å². The molecule has 1 heterocycles. The van der Waals surface area contributed by atoms with Gasteiger partial charge in [0.15, 0.2) is 5.78 Å². The van der Waals surface area contributed by atoms with Crippen molar-refractivity contribution in [3.63, 3.8) is 0 Å². The molecule has 7 heteroatoms. The number of piperidine rings is 1. The SMILES string of the molecule is NC1C2CCC(C2)C1C(=O)N1CCC(C(=O)c2c(F)cc(F)cc2F)CC1. The molecule has 3 fully saturated rings. The van der Waals surface area contributed by atoms with Gasteiger partial charge in [-0.1, -0.05) is 0 Å². The first kappa shape index (κ1) is 18.5. The lowest BCUT2D eigenvalue weighted by Crippen LogP contribution is -2.49. The molecule has 2 bridgehead atoms. The van der Waals surface area contributed by atoms with Crippen LogP contribution in [0.25, 0.3) is 0 Å². The third kappa shape index (κ3) is 3.16. The number of hydrogen-bond acceptors (Lipinski definition) is 3. The van der Waals surface area contributed by atoms with Gasteiger partial charge in [-0.3, -0.25) is 9.59 Å². The number of hydrogen-bond donors (Lipinski definition) is 1. The predicted molar refractivity (Wildman–Crippen MR) is 92.2 cm³/mol. The average molecular weight is 380 g/mol. The number of fused-ring (bicyclic) bond motifs is 2. The highest BCUT2D eigenvalue weighted by molar-refractivity contribution is 5.98. The smallest absolute Gasteiger partial charge is 0.227 e. The van der Waals surface area contributed by atoms with Crippen LogP contribution in [0.1, 0.15) is 42.5 Å². The summed E-state index contributed by atoms with van der Waals surface area (Å²) < 4.78 is 40.8. The molecule has 1 aromatic carbocycles. The van der Waals surface area contributed by atoms with Crippen LogP contribution in [0.15, 0.2) is 12.1 Å². The Morgan fingerprint density at radius 1 is 0.963 bits per heavy atom. The molecule has 4 atom stereocenters. The number of carbonyl (C=O) groups excluding carboxylic acids is 2. The number of likely N-dealkylation sites (tertiary alicyclic amines) is 1. The summed E-state index contributed by atoms with van der Waals surface area (Å²) >= 11 is 0. The molecule has 0 aromatic heterocycles. The first-order valence-electron chi connectivity index (χ1n) is 9.60. The topological polar surface area (TPSA) is 63.4 Å². The molecule has 146 valence electrons. The minimum atomic E-state index is -1.18. The molecule has 3 aliphatic rings. The van der Waals surface area contributed by atoms with E-state index in [4.69, 9.17) is 5.73 Å². The molecule has 4 unspecified atom stereocenters. The minimum Gasteiger partial charge on any atom is -0.342 e. The van der Waals surface area contributed by atoms with Crippen LogP contribution in [-0.2, 0) is 4.79 Å². The Labute approximate surface area is 155 Å². The Morgan fingerprint density at radius 3 is 2.11 bits per heavy atom. The Bertz CT molecular complexity index is 751. The molecule has 1 aromatic rings. The summed E-state index contributed by atoms with van der Waals surface area (Å²) in [6, 6.07) is 0.953. The van der Waals surface area contributed by atoms with Crippen molar-refractivity contribution in [1.82, 2.24) is 4.90 Å². The lowest BCUT2D eigenvalue weighted by atomic mass is 9.82. The van der Waals surface area contributed by atoms with Crippen LogP contribution in [-0.4, -0.2) is 35.7 Å². The van der Waals surface area contributed by atoms with Crippen molar-refractivity contribution in [3.8, 4) is 0 Å². The Kier molecular flexibility index (Phi) is 4.74. The molecule has 2 N–H and O–H groups in total. The minimum absolute atomic E-state index is 0.0553. The fourth-order valence-electron chi connectivity index (χ4n) is 5.26. The van der Waals surface area contributed by atoms with Crippen molar-refractivity contribution >= 4 is 11.7 Å². The van der Waals surface area contributed by atoms with Gasteiger partial charge in [0.1, 0.15) is 17.5 Å². The van der Waals surface area contributed by atoms with Crippen LogP contribution in [0.5, 0.6) is 0 Å². The number of rotatable bonds is 3. The summed E-state index contributed by atoms with van der Waals surface area (Å²) in [6.07, 6.45) is 3.86. The van der Waals surface area contributed by atoms with E-state index < -0.39 is 34.7 Å². The van der Waals surface area contributed by atoms with Crippen molar-refractivity contribution in [1.29, 1.82) is 0 Å². The Morgan fingerprint density at radius 2 is 1.56 bits per heavy atom. The van der Waals surface area contributed by atoms with Crippen LogP contribution in [0, 0.1) is 41.1 Å². The Hall–Kier alpha value is -1.89. The number of halogens is 3. The van der Waals surface area contributed by atoms with Gasteiger partial charge in [0.25, 0.3) is 0 Å². The second-order valence-corrected chi connectivity index (χ2v) is 8.14. The maximum absolute atomic E-state index is 13.9. The lowest BCUT2D eigenvalue weighted by Gasteiger charge is -2.36. The largest absolute Gasteiger partial charge is 0.342 e. The van der Waals surface area contributed by atoms with Crippen LogP contribution in [0.2, 0.25) is 0 Å². The van der Waals surface area contributed by atoms with Crippen molar-refractivity contribution in [3.05, 3.63) is 35.1 Å². The van der Waals surface area contributed by atoms with E-state index in [-0.39, 0.29) is 17.9 Å². The molecular formula is C20H23F3N2O2. The number of amides is 1. The number of carbonyl (C=O) groups is 2. The number of nitrogens with zero attached hydrogens (tertiary/aromatic N) is 1. The number of benzene rings is 1. The van der Waals surface area contributed by atoms with Crippen LogP contribution >= 0.6 is 0 Å². The van der Waals surface area contributed by atoms with E-state index in [9.17, 15) is 22.8 Å². The molecule has 0 radical (unpaired) electrons. The summed E-state index contributed by atoms with van der Waals surface area (Å²) in [5.41, 5.74) is 5.57. The summed E-state index contributed by atoms with van der Waals surface area (Å²) in [5, 5.41) is 0. The first-order chi connectivity index (χ1) is 12.9. The molecule has 2 aliphatic carbocycles. The van der Waals surface area contributed by atoms with E-state index in [1.54, 1.807) is 4.90 Å². The van der Waals surface area contributed by atoms with Gasteiger partial charge < -0.3 is 10.6 Å². The zero-order valence-corrected chi connectivity index (χ0v) is 15.0. The van der Waals surface area contributed by atoms with Crippen molar-refractivity contribution in [2.24, 2.45) is 29.4 Å². The zero-order valence-electron chi connectivity index (χ0n) is 15.0. The number of nitrogens with two attached hydrogens (primary N) is 1. The third-order valence-electron chi connectivity index (χ3n) is 6.70. The normalized spacial score (nSPS) is 30.7. The fraction of sp³-hybridized carbons (Fsp3) is 0.600. The summed E-state index contributed by atoms with van der Waals surface area (Å²) in [4.78, 5) is 27.2.